The van der Waals surface area contributed by atoms with Crippen LogP contribution in [0, 0.1) is 0 Å². The minimum atomic E-state index is 0.00609. The fraction of sp³-hybridized carbons (Fsp3) is 0.111. The number of hydrogen-bond donors (Lipinski definition) is 0. The first kappa shape index (κ1) is 32.3. The number of fused-ring (bicyclic) bond motifs is 9. The van der Waals surface area contributed by atoms with Crippen molar-refractivity contribution >= 4 is 68.1 Å². The van der Waals surface area contributed by atoms with Gasteiger partial charge >= 0.3 is 6.85 Å². The van der Waals surface area contributed by atoms with Crippen molar-refractivity contribution in [1.82, 2.24) is 0 Å². The topological polar surface area (TPSA) is 19.6 Å². The van der Waals surface area contributed by atoms with Gasteiger partial charge in [-0.1, -0.05) is 147 Å². The third-order valence-electron chi connectivity index (χ3n) is 13.6. The Morgan fingerprint density at radius 3 is 1.55 bits per heavy atom. The van der Waals surface area contributed by atoms with E-state index in [1.165, 1.54) is 127 Å². The molecule has 8 aromatic carbocycles. The lowest BCUT2D eigenvalue weighted by Gasteiger charge is -2.49. The van der Waals surface area contributed by atoms with Crippen molar-refractivity contribution in [3.63, 3.8) is 0 Å². The minimum absolute atomic E-state index is 0.00609. The van der Waals surface area contributed by atoms with E-state index in [0.717, 1.165) is 16.9 Å². The molecule has 4 heterocycles. The molecular formula is C54H39BN2O. The van der Waals surface area contributed by atoms with Crippen LogP contribution in [0.5, 0.6) is 0 Å². The van der Waals surface area contributed by atoms with Crippen LogP contribution in [0.3, 0.4) is 0 Å². The summed E-state index contributed by atoms with van der Waals surface area (Å²) in [5, 5.41) is 2.40. The number of hydrogen-bond acceptors (Lipinski definition) is 3. The normalized spacial score (nSPS) is 15.1. The number of para-hydroxylation sites is 2. The number of rotatable bonds is 4. The summed E-state index contributed by atoms with van der Waals surface area (Å²) in [7, 11) is 0. The summed E-state index contributed by atoms with van der Waals surface area (Å²) in [6, 6.07) is 63.2. The van der Waals surface area contributed by atoms with Gasteiger partial charge in [-0.05, 0) is 111 Å². The van der Waals surface area contributed by atoms with Gasteiger partial charge in [-0.3, -0.25) is 0 Å². The molecule has 0 amide bonds. The Morgan fingerprint density at radius 2 is 0.948 bits per heavy atom. The average Bonchev–Trinajstić information content (AvgIpc) is 3.69. The third kappa shape index (κ3) is 4.52. The summed E-state index contributed by atoms with van der Waals surface area (Å²) in [6.07, 6.45) is 6.40. The molecule has 9 aromatic rings. The zero-order valence-corrected chi connectivity index (χ0v) is 32.2. The van der Waals surface area contributed by atoms with E-state index in [1.807, 2.05) is 0 Å². The van der Waals surface area contributed by atoms with Crippen LogP contribution >= 0.6 is 0 Å². The number of nitrogens with zero attached hydrogens (tertiary/aromatic N) is 2. The van der Waals surface area contributed by atoms with Gasteiger partial charge in [0, 0.05) is 44.6 Å². The molecular weight excluding hydrogens is 703 g/mol. The first-order chi connectivity index (χ1) is 28.8. The molecule has 0 N–H and O–H groups in total. The zero-order valence-electron chi connectivity index (χ0n) is 32.2. The molecule has 3 aliphatic heterocycles. The van der Waals surface area contributed by atoms with E-state index < -0.39 is 0 Å². The maximum atomic E-state index is 7.20. The van der Waals surface area contributed by atoms with Crippen LogP contribution in [0.15, 0.2) is 174 Å². The van der Waals surface area contributed by atoms with Crippen LogP contribution in [0.4, 0.5) is 28.4 Å². The second-order valence-corrected chi connectivity index (χ2v) is 16.6. The Kier molecular flexibility index (Phi) is 6.89. The Bertz CT molecular complexity index is 2980. The molecule has 0 bridgehead atoms. The smallest absolute Gasteiger partial charge is 0.333 e. The highest BCUT2D eigenvalue weighted by Crippen LogP contribution is 2.53. The van der Waals surface area contributed by atoms with Crippen molar-refractivity contribution in [2.45, 2.75) is 38.0 Å². The van der Waals surface area contributed by atoms with Crippen LogP contribution in [0.25, 0.3) is 66.4 Å². The van der Waals surface area contributed by atoms with E-state index in [2.05, 4.69) is 180 Å². The number of benzene rings is 8. The quantitative estimate of drug-likeness (QED) is 0.167. The van der Waals surface area contributed by atoms with Gasteiger partial charge in [0.05, 0.1) is 5.69 Å². The molecule has 4 aliphatic rings. The summed E-state index contributed by atoms with van der Waals surface area (Å²) >= 11 is 0. The van der Waals surface area contributed by atoms with Crippen LogP contribution in [0.1, 0.15) is 43.6 Å². The largest absolute Gasteiger partial charge is 0.454 e. The van der Waals surface area contributed by atoms with Gasteiger partial charge < -0.3 is 14.1 Å². The van der Waals surface area contributed by atoms with E-state index >= 15 is 0 Å². The van der Waals surface area contributed by atoms with Crippen molar-refractivity contribution in [1.29, 1.82) is 0 Å². The molecule has 1 fully saturated rings. The standard InChI is InChI=1S/C54H39BN2O/c1-4-14-34(15-5-1)37-28-30-46-44(32-37)40-21-11-25-48-51(40)55-52-41(45-33-38(29-31-47(45)57(46)55)35-16-6-2-7-17-35)22-12-26-49(52)56(48)50-27-13-24-43-42-23-10-20-39(53(42)58-54(43)50)36-18-8-3-9-19-36/h1-2,4-7,10-17,20-33,36H,3,8-9,18-19H2. The molecule has 0 saturated heterocycles. The predicted molar refractivity (Wildman–Crippen MR) is 243 cm³/mol. The van der Waals surface area contributed by atoms with Crippen molar-refractivity contribution in [3.8, 4) is 44.5 Å². The fourth-order valence-electron chi connectivity index (χ4n) is 11.0. The molecule has 13 rings (SSSR count). The lowest BCUT2D eigenvalue weighted by molar-refractivity contribution is 0.442. The second-order valence-electron chi connectivity index (χ2n) is 16.6. The first-order valence-electron chi connectivity index (χ1n) is 21.0. The maximum absolute atomic E-state index is 7.20. The zero-order chi connectivity index (χ0) is 37.9. The van der Waals surface area contributed by atoms with Crippen LogP contribution < -0.4 is 20.6 Å². The molecule has 0 spiro atoms. The van der Waals surface area contributed by atoms with E-state index in [9.17, 15) is 0 Å². The van der Waals surface area contributed by atoms with Gasteiger partial charge in [0.2, 0.25) is 0 Å². The van der Waals surface area contributed by atoms with Gasteiger partial charge in [0.1, 0.15) is 5.58 Å². The van der Waals surface area contributed by atoms with Crippen molar-refractivity contribution < 1.29 is 4.42 Å². The SMILES string of the molecule is c1ccc(-c2ccc3c(c2)-c2cccc4c2B2c5c(cccc5N4c4cccc5c4oc4c(C6CCCCC6)cccc45)-c4cc(-c5ccccc5)ccc4N23)cc1. The van der Waals surface area contributed by atoms with Crippen molar-refractivity contribution in [2.24, 2.45) is 0 Å². The summed E-state index contributed by atoms with van der Waals surface area (Å²) < 4.78 is 7.20. The molecule has 58 heavy (non-hydrogen) atoms. The Morgan fingerprint density at radius 1 is 0.414 bits per heavy atom. The number of anilines is 5. The van der Waals surface area contributed by atoms with Gasteiger partial charge in [0.25, 0.3) is 0 Å². The summed E-state index contributed by atoms with van der Waals surface area (Å²) in [4.78, 5) is 5.16. The molecule has 4 heteroatoms. The van der Waals surface area contributed by atoms with Crippen LogP contribution in [0.2, 0.25) is 0 Å². The first-order valence-corrected chi connectivity index (χ1v) is 21.0. The molecule has 3 nitrogen and oxygen atoms in total. The minimum Gasteiger partial charge on any atom is -0.454 e. The molecule has 1 aromatic heterocycles. The van der Waals surface area contributed by atoms with Crippen LogP contribution in [-0.4, -0.2) is 6.85 Å². The average molecular weight is 743 g/mol. The lowest BCUT2D eigenvalue weighted by Crippen LogP contribution is -2.63. The number of furan rings is 1. The molecule has 1 aliphatic carbocycles. The maximum Gasteiger partial charge on any atom is 0.333 e. The second kappa shape index (κ2) is 12.4. The Hall–Kier alpha value is -6.78. The van der Waals surface area contributed by atoms with Crippen molar-refractivity contribution in [2.75, 3.05) is 9.71 Å². The molecule has 0 atom stereocenters. The lowest BCUT2D eigenvalue weighted by atomic mass is 9.41. The molecule has 0 radical (unpaired) electrons. The van der Waals surface area contributed by atoms with E-state index in [4.69, 9.17) is 4.42 Å². The highest BCUT2D eigenvalue weighted by molar-refractivity contribution is 6.95. The van der Waals surface area contributed by atoms with E-state index in [1.54, 1.807) is 0 Å². The van der Waals surface area contributed by atoms with Gasteiger partial charge in [-0.25, -0.2) is 0 Å². The fourth-order valence-corrected chi connectivity index (χ4v) is 11.0. The highest BCUT2D eigenvalue weighted by atomic mass is 16.3. The predicted octanol–water partition coefficient (Wildman–Crippen LogP) is 13.7. The van der Waals surface area contributed by atoms with E-state index in [0.29, 0.717) is 5.92 Å². The molecule has 1 saturated carbocycles. The summed E-state index contributed by atoms with van der Waals surface area (Å²) in [5.41, 5.74) is 22.1. The van der Waals surface area contributed by atoms with Crippen molar-refractivity contribution in [3.05, 3.63) is 175 Å². The Balaban J connectivity index is 1.10. The summed E-state index contributed by atoms with van der Waals surface area (Å²) in [6.45, 7) is 0.00609. The summed E-state index contributed by atoms with van der Waals surface area (Å²) in [5.74, 6) is 0.548. The van der Waals surface area contributed by atoms with Gasteiger partial charge in [-0.15, -0.1) is 0 Å². The molecule has 0 unspecified atom stereocenters. The highest BCUT2D eigenvalue weighted by Gasteiger charge is 2.49. The monoisotopic (exact) mass is 742 g/mol. The molecule has 274 valence electrons. The van der Waals surface area contributed by atoms with E-state index in [-0.39, 0.29) is 6.85 Å². The van der Waals surface area contributed by atoms with Gasteiger partial charge in [0.15, 0.2) is 5.58 Å². The third-order valence-corrected chi connectivity index (χ3v) is 13.6. The Labute approximate surface area is 338 Å². The van der Waals surface area contributed by atoms with Crippen LogP contribution in [-0.2, 0) is 0 Å². The van der Waals surface area contributed by atoms with Gasteiger partial charge in [-0.2, -0.15) is 0 Å².